The molecule has 0 bridgehead atoms. The molecule has 1 saturated heterocycles. The molecule has 168 valence electrons. The molecule has 2 amide bonds. The highest BCUT2D eigenvalue weighted by atomic mass is 35.5. The number of hydrogen-bond donors (Lipinski definition) is 1. The summed E-state index contributed by atoms with van der Waals surface area (Å²) in [6, 6.07) is 0.861. The van der Waals surface area contributed by atoms with E-state index in [0.29, 0.717) is 32.6 Å². The van der Waals surface area contributed by atoms with E-state index in [9.17, 15) is 22.8 Å². The number of halogens is 4. The summed E-state index contributed by atoms with van der Waals surface area (Å²) < 4.78 is 43.5. The average molecular weight is 451 g/mol. The van der Waals surface area contributed by atoms with E-state index in [1.807, 2.05) is 0 Å². The van der Waals surface area contributed by atoms with Gasteiger partial charge < -0.3 is 19.9 Å². The number of anilines is 1. The van der Waals surface area contributed by atoms with Crippen LogP contribution in [0.25, 0.3) is 0 Å². The Morgan fingerprint density at radius 2 is 1.90 bits per heavy atom. The Hall–Kier alpha value is -2.23. The fourth-order valence-corrected chi connectivity index (χ4v) is 3.23. The Bertz CT molecular complexity index is 768. The number of carbonyl (C=O) groups excluding carboxylic acids is 2. The van der Waals surface area contributed by atoms with Crippen molar-refractivity contribution < 1.29 is 27.5 Å². The fraction of sp³-hybridized carbons (Fsp3) is 0.632. The molecule has 11 heteroatoms. The minimum Gasteiger partial charge on any atom is -0.444 e. The monoisotopic (exact) mass is 450 g/mol. The predicted molar refractivity (Wildman–Crippen MR) is 107 cm³/mol. The Balaban J connectivity index is 1.87. The first-order chi connectivity index (χ1) is 13.9. The van der Waals surface area contributed by atoms with Crippen LogP contribution in [0.15, 0.2) is 12.3 Å². The first kappa shape index (κ1) is 24.0. The summed E-state index contributed by atoms with van der Waals surface area (Å²) in [5, 5.41) is 2.47. The van der Waals surface area contributed by atoms with Crippen LogP contribution in [-0.4, -0.2) is 60.2 Å². The van der Waals surface area contributed by atoms with Crippen LogP contribution in [0.4, 0.5) is 23.8 Å². The smallest absolute Gasteiger partial charge is 0.417 e. The van der Waals surface area contributed by atoms with Crippen molar-refractivity contribution in [1.29, 1.82) is 0 Å². The van der Waals surface area contributed by atoms with Crippen LogP contribution in [-0.2, 0) is 15.7 Å². The highest BCUT2D eigenvalue weighted by molar-refractivity contribution is 6.33. The standard InChI is InChI=1S/C19H26ClF3N4O3/c1-18(2,3)30-17(29)24-6-5-15(28)26-7-4-8-27(10-9-26)16-14(20)11-13(12-25-16)19(21,22)23/h11-12H,4-10H2,1-3H3,(H,24,29). The number of alkyl carbamates (subject to hydrolysis) is 1. The molecule has 0 spiro atoms. The zero-order valence-electron chi connectivity index (χ0n) is 17.2. The zero-order valence-corrected chi connectivity index (χ0v) is 17.9. The molecule has 0 aromatic carbocycles. The van der Waals surface area contributed by atoms with Crippen molar-refractivity contribution >= 4 is 29.4 Å². The lowest BCUT2D eigenvalue weighted by Crippen LogP contribution is -2.38. The number of hydrogen-bond acceptors (Lipinski definition) is 5. The lowest BCUT2D eigenvalue weighted by atomic mass is 10.2. The van der Waals surface area contributed by atoms with Gasteiger partial charge in [-0.05, 0) is 33.3 Å². The van der Waals surface area contributed by atoms with Crippen LogP contribution >= 0.6 is 11.6 Å². The van der Waals surface area contributed by atoms with Crippen molar-refractivity contribution in [3.8, 4) is 0 Å². The summed E-state index contributed by atoms with van der Waals surface area (Å²) >= 11 is 6.03. The van der Waals surface area contributed by atoms with Crippen LogP contribution in [0.2, 0.25) is 5.02 Å². The number of alkyl halides is 3. The van der Waals surface area contributed by atoms with Crippen LogP contribution in [0, 0.1) is 0 Å². The molecule has 2 rings (SSSR count). The summed E-state index contributed by atoms with van der Waals surface area (Å²) in [6.45, 7) is 7.18. The molecule has 1 fully saturated rings. The van der Waals surface area contributed by atoms with Gasteiger partial charge in [0.25, 0.3) is 0 Å². The topological polar surface area (TPSA) is 74.8 Å². The SMILES string of the molecule is CC(C)(C)OC(=O)NCCC(=O)N1CCCN(c2ncc(C(F)(F)F)cc2Cl)CC1. The van der Waals surface area contributed by atoms with E-state index >= 15 is 0 Å². The molecule has 1 aliphatic heterocycles. The number of rotatable bonds is 4. The van der Waals surface area contributed by atoms with Crippen molar-refractivity contribution in [2.24, 2.45) is 0 Å². The number of aromatic nitrogens is 1. The van der Waals surface area contributed by atoms with E-state index in [1.54, 1.807) is 30.6 Å². The minimum atomic E-state index is -4.51. The first-order valence-electron chi connectivity index (χ1n) is 9.59. The summed E-state index contributed by atoms with van der Waals surface area (Å²) in [6.07, 6.45) is -3.59. The third-order valence-electron chi connectivity index (χ3n) is 4.30. The van der Waals surface area contributed by atoms with Gasteiger partial charge in [-0.1, -0.05) is 11.6 Å². The normalized spacial score (nSPS) is 15.6. The largest absolute Gasteiger partial charge is 0.444 e. The maximum absolute atomic E-state index is 12.8. The van der Waals surface area contributed by atoms with Gasteiger partial charge >= 0.3 is 12.3 Å². The van der Waals surface area contributed by atoms with Crippen molar-refractivity contribution in [3.63, 3.8) is 0 Å². The third-order valence-corrected chi connectivity index (χ3v) is 4.58. The second-order valence-corrected chi connectivity index (χ2v) is 8.33. The second-order valence-electron chi connectivity index (χ2n) is 7.93. The lowest BCUT2D eigenvalue weighted by molar-refractivity contribution is -0.137. The number of nitrogens with zero attached hydrogens (tertiary/aromatic N) is 3. The molecule has 0 unspecified atom stereocenters. The minimum absolute atomic E-state index is 0.0776. The molecule has 0 atom stereocenters. The van der Waals surface area contributed by atoms with Crippen molar-refractivity contribution in [3.05, 3.63) is 22.8 Å². The maximum Gasteiger partial charge on any atom is 0.417 e. The number of amides is 2. The van der Waals surface area contributed by atoms with Gasteiger partial charge in [-0.2, -0.15) is 13.2 Å². The van der Waals surface area contributed by atoms with Crippen molar-refractivity contribution in [2.45, 2.75) is 45.4 Å². The Kier molecular flexibility index (Phi) is 7.79. The van der Waals surface area contributed by atoms with E-state index in [-0.39, 0.29) is 29.7 Å². The van der Waals surface area contributed by atoms with Gasteiger partial charge in [-0.3, -0.25) is 4.79 Å². The van der Waals surface area contributed by atoms with Gasteiger partial charge in [0.1, 0.15) is 11.4 Å². The summed E-state index contributed by atoms with van der Waals surface area (Å²) in [7, 11) is 0. The van der Waals surface area contributed by atoms with Crippen LogP contribution < -0.4 is 10.2 Å². The van der Waals surface area contributed by atoms with Gasteiger partial charge in [-0.15, -0.1) is 0 Å². The quantitative estimate of drug-likeness (QED) is 0.757. The van der Waals surface area contributed by atoms with E-state index in [4.69, 9.17) is 16.3 Å². The fourth-order valence-electron chi connectivity index (χ4n) is 2.94. The Morgan fingerprint density at radius 1 is 1.20 bits per heavy atom. The number of ether oxygens (including phenoxy) is 1. The molecular weight excluding hydrogens is 425 g/mol. The van der Waals surface area contributed by atoms with Gasteiger partial charge in [-0.25, -0.2) is 9.78 Å². The van der Waals surface area contributed by atoms with Gasteiger partial charge in [0.2, 0.25) is 5.91 Å². The molecule has 0 radical (unpaired) electrons. The number of nitrogens with one attached hydrogen (secondary N) is 1. The van der Waals surface area contributed by atoms with Gasteiger partial charge in [0.05, 0.1) is 10.6 Å². The maximum atomic E-state index is 12.8. The molecule has 0 aliphatic carbocycles. The van der Waals surface area contributed by atoms with Crippen LogP contribution in [0.1, 0.15) is 39.2 Å². The molecule has 1 aromatic heterocycles. The molecule has 2 heterocycles. The Morgan fingerprint density at radius 3 is 2.50 bits per heavy atom. The van der Waals surface area contributed by atoms with Crippen LogP contribution in [0.5, 0.6) is 0 Å². The van der Waals surface area contributed by atoms with Gasteiger partial charge in [0.15, 0.2) is 0 Å². The second kappa shape index (κ2) is 9.72. The van der Waals surface area contributed by atoms with E-state index in [0.717, 1.165) is 12.3 Å². The average Bonchev–Trinajstić information content (AvgIpc) is 2.85. The first-order valence-corrected chi connectivity index (χ1v) is 9.97. The van der Waals surface area contributed by atoms with E-state index in [1.165, 1.54) is 0 Å². The summed E-state index contributed by atoms with van der Waals surface area (Å²) in [4.78, 5) is 31.4. The number of pyridine rings is 1. The lowest BCUT2D eigenvalue weighted by Gasteiger charge is -2.24. The summed E-state index contributed by atoms with van der Waals surface area (Å²) in [5.74, 6) is 0.143. The van der Waals surface area contributed by atoms with E-state index < -0.39 is 23.4 Å². The van der Waals surface area contributed by atoms with Crippen molar-refractivity contribution in [2.75, 3.05) is 37.6 Å². The van der Waals surface area contributed by atoms with Crippen molar-refractivity contribution in [1.82, 2.24) is 15.2 Å². The number of carbonyl (C=O) groups is 2. The predicted octanol–water partition coefficient (Wildman–Crippen LogP) is 3.71. The highest BCUT2D eigenvalue weighted by Gasteiger charge is 2.32. The summed E-state index contributed by atoms with van der Waals surface area (Å²) in [5.41, 5.74) is -1.52. The zero-order chi connectivity index (χ0) is 22.5. The molecular formula is C19H26ClF3N4O3. The van der Waals surface area contributed by atoms with Gasteiger partial charge in [0, 0.05) is 45.3 Å². The Labute approximate surface area is 178 Å². The highest BCUT2D eigenvalue weighted by Crippen LogP contribution is 2.33. The third kappa shape index (κ3) is 7.23. The van der Waals surface area contributed by atoms with E-state index in [2.05, 4.69) is 10.3 Å². The molecule has 0 saturated carbocycles. The molecule has 7 nitrogen and oxygen atoms in total. The molecule has 30 heavy (non-hydrogen) atoms. The molecule has 1 aliphatic rings. The molecule has 1 aromatic rings. The molecule has 1 N–H and O–H groups in total. The van der Waals surface area contributed by atoms with Crippen LogP contribution in [0.3, 0.4) is 0 Å².